The van der Waals surface area contributed by atoms with E-state index in [2.05, 4.69) is 15.9 Å². The zero-order chi connectivity index (χ0) is 14.1. The van der Waals surface area contributed by atoms with Crippen LogP contribution in [-0.4, -0.2) is 5.78 Å². The van der Waals surface area contributed by atoms with E-state index in [9.17, 15) is 9.18 Å². The molecule has 3 aromatic rings. The van der Waals surface area contributed by atoms with Crippen LogP contribution in [0.3, 0.4) is 0 Å². The van der Waals surface area contributed by atoms with Gasteiger partial charge in [0.2, 0.25) is 0 Å². The summed E-state index contributed by atoms with van der Waals surface area (Å²) >= 11 is 3.12. The minimum atomic E-state index is -0.338. The van der Waals surface area contributed by atoms with Gasteiger partial charge in [0.1, 0.15) is 17.7 Å². The van der Waals surface area contributed by atoms with Crippen LogP contribution in [0.5, 0.6) is 0 Å². The quantitative estimate of drug-likeness (QED) is 0.647. The standard InChI is InChI=1S/C16H10BrFO2/c17-13-7-10(5-6-14(13)18)8-15(19)12-9-20-16-4-2-1-3-11(12)16/h1-7,9H,8H2. The van der Waals surface area contributed by atoms with Crippen LogP contribution in [0.2, 0.25) is 0 Å². The highest BCUT2D eigenvalue weighted by Crippen LogP contribution is 2.23. The summed E-state index contributed by atoms with van der Waals surface area (Å²) in [4.78, 5) is 12.3. The Morgan fingerprint density at radius 3 is 2.80 bits per heavy atom. The van der Waals surface area contributed by atoms with Crippen molar-refractivity contribution in [3.63, 3.8) is 0 Å². The van der Waals surface area contributed by atoms with Crippen molar-refractivity contribution in [2.45, 2.75) is 6.42 Å². The van der Waals surface area contributed by atoms with Gasteiger partial charge in [-0.25, -0.2) is 4.39 Å². The maximum Gasteiger partial charge on any atom is 0.171 e. The van der Waals surface area contributed by atoms with Gasteiger partial charge in [-0.05, 0) is 39.7 Å². The van der Waals surface area contributed by atoms with Crippen LogP contribution in [0.4, 0.5) is 4.39 Å². The van der Waals surface area contributed by atoms with E-state index in [1.165, 1.54) is 12.3 Å². The summed E-state index contributed by atoms with van der Waals surface area (Å²) < 4.78 is 18.9. The maximum atomic E-state index is 13.2. The number of Topliss-reactive ketones (excluding diaryl/α,β-unsaturated/α-hetero) is 1. The third kappa shape index (κ3) is 2.39. The van der Waals surface area contributed by atoms with E-state index >= 15 is 0 Å². The molecule has 0 saturated heterocycles. The second kappa shape index (κ2) is 5.21. The highest BCUT2D eigenvalue weighted by molar-refractivity contribution is 9.10. The molecule has 0 unspecified atom stereocenters. The minimum absolute atomic E-state index is 0.0477. The topological polar surface area (TPSA) is 30.2 Å². The van der Waals surface area contributed by atoms with E-state index < -0.39 is 0 Å². The number of para-hydroxylation sites is 1. The third-order valence-corrected chi connectivity index (χ3v) is 3.74. The molecule has 0 aliphatic carbocycles. The fraction of sp³-hybridized carbons (Fsp3) is 0.0625. The number of benzene rings is 2. The first-order valence-corrected chi connectivity index (χ1v) is 6.88. The Hall–Kier alpha value is -1.94. The van der Waals surface area contributed by atoms with Gasteiger partial charge in [0, 0.05) is 11.8 Å². The van der Waals surface area contributed by atoms with Crippen molar-refractivity contribution < 1.29 is 13.6 Å². The first kappa shape index (κ1) is 13.1. The molecule has 0 aliphatic heterocycles. The summed E-state index contributed by atoms with van der Waals surface area (Å²) in [6.45, 7) is 0. The molecular formula is C16H10BrFO2. The average molecular weight is 333 g/mol. The highest BCUT2D eigenvalue weighted by Gasteiger charge is 2.14. The first-order chi connectivity index (χ1) is 9.65. The van der Waals surface area contributed by atoms with Crippen LogP contribution in [-0.2, 0) is 6.42 Å². The molecule has 0 N–H and O–H groups in total. The van der Waals surface area contributed by atoms with Crippen molar-refractivity contribution in [3.8, 4) is 0 Å². The molecule has 0 saturated carbocycles. The van der Waals surface area contributed by atoms with Gasteiger partial charge in [0.25, 0.3) is 0 Å². The molecule has 0 aliphatic rings. The van der Waals surface area contributed by atoms with Gasteiger partial charge < -0.3 is 4.42 Å². The Balaban J connectivity index is 1.91. The molecule has 0 bridgehead atoms. The Bertz CT molecular complexity index is 792. The lowest BCUT2D eigenvalue weighted by atomic mass is 10.0. The number of hydrogen-bond acceptors (Lipinski definition) is 2. The van der Waals surface area contributed by atoms with Crippen LogP contribution in [0.15, 0.2) is 57.6 Å². The lowest BCUT2D eigenvalue weighted by Crippen LogP contribution is -2.02. The smallest absolute Gasteiger partial charge is 0.171 e. The van der Waals surface area contributed by atoms with Crippen LogP contribution in [0.25, 0.3) is 11.0 Å². The zero-order valence-corrected chi connectivity index (χ0v) is 12.0. The molecule has 0 spiro atoms. The second-order valence-electron chi connectivity index (χ2n) is 4.49. The molecule has 100 valence electrons. The minimum Gasteiger partial charge on any atom is -0.464 e. The molecule has 1 heterocycles. The van der Waals surface area contributed by atoms with E-state index in [1.807, 2.05) is 24.3 Å². The zero-order valence-electron chi connectivity index (χ0n) is 10.4. The summed E-state index contributed by atoms with van der Waals surface area (Å²) in [5.74, 6) is -0.386. The summed E-state index contributed by atoms with van der Waals surface area (Å²) in [5, 5.41) is 0.804. The van der Waals surface area contributed by atoms with Crippen molar-refractivity contribution in [2.24, 2.45) is 0 Å². The normalized spacial score (nSPS) is 10.9. The molecule has 3 rings (SSSR count). The van der Waals surface area contributed by atoms with Gasteiger partial charge in [-0.15, -0.1) is 0 Å². The molecule has 4 heteroatoms. The molecule has 20 heavy (non-hydrogen) atoms. The number of carbonyl (C=O) groups excluding carboxylic acids is 1. The molecular weight excluding hydrogens is 323 g/mol. The van der Waals surface area contributed by atoms with E-state index in [0.717, 1.165) is 10.9 Å². The van der Waals surface area contributed by atoms with E-state index in [0.29, 0.717) is 15.6 Å². The number of halogens is 2. The summed E-state index contributed by atoms with van der Waals surface area (Å²) in [6, 6.07) is 12.0. The highest BCUT2D eigenvalue weighted by atomic mass is 79.9. The Morgan fingerprint density at radius 1 is 1.20 bits per heavy atom. The van der Waals surface area contributed by atoms with Gasteiger partial charge in [-0.1, -0.05) is 24.3 Å². The lowest BCUT2D eigenvalue weighted by molar-refractivity contribution is 0.0993. The number of ketones is 1. The van der Waals surface area contributed by atoms with Crippen molar-refractivity contribution in [3.05, 3.63) is 70.1 Å². The van der Waals surface area contributed by atoms with E-state index in [4.69, 9.17) is 4.42 Å². The molecule has 0 radical (unpaired) electrons. The Kier molecular flexibility index (Phi) is 3.40. The van der Waals surface area contributed by atoms with Crippen molar-refractivity contribution in [2.75, 3.05) is 0 Å². The number of fused-ring (bicyclic) bond motifs is 1. The Labute approximate surface area is 123 Å². The number of carbonyl (C=O) groups is 1. The summed E-state index contributed by atoms with van der Waals surface area (Å²) in [6.07, 6.45) is 1.69. The van der Waals surface area contributed by atoms with E-state index in [-0.39, 0.29) is 18.0 Å². The SMILES string of the molecule is O=C(Cc1ccc(F)c(Br)c1)c1coc2ccccc12. The van der Waals surface area contributed by atoms with E-state index in [1.54, 1.807) is 12.1 Å². The number of rotatable bonds is 3. The fourth-order valence-electron chi connectivity index (χ4n) is 2.12. The largest absolute Gasteiger partial charge is 0.464 e. The van der Waals surface area contributed by atoms with Crippen molar-refractivity contribution in [1.29, 1.82) is 0 Å². The Morgan fingerprint density at radius 2 is 2.00 bits per heavy atom. The van der Waals surface area contributed by atoms with Crippen LogP contribution >= 0.6 is 15.9 Å². The molecule has 1 aromatic heterocycles. The summed E-state index contributed by atoms with van der Waals surface area (Å²) in [5.41, 5.74) is 2.01. The number of furan rings is 1. The van der Waals surface area contributed by atoms with Gasteiger partial charge in [0.15, 0.2) is 5.78 Å². The lowest BCUT2D eigenvalue weighted by Gasteiger charge is -2.01. The molecule has 0 atom stereocenters. The van der Waals surface area contributed by atoms with Crippen molar-refractivity contribution >= 4 is 32.7 Å². The van der Waals surface area contributed by atoms with Gasteiger partial charge in [0.05, 0.1) is 10.0 Å². The molecule has 0 fully saturated rings. The number of hydrogen-bond donors (Lipinski definition) is 0. The van der Waals surface area contributed by atoms with Gasteiger partial charge >= 0.3 is 0 Å². The van der Waals surface area contributed by atoms with Gasteiger partial charge in [-0.3, -0.25) is 4.79 Å². The first-order valence-electron chi connectivity index (χ1n) is 6.08. The van der Waals surface area contributed by atoms with Crippen LogP contribution in [0, 0.1) is 5.82 Å². The third-order valence-electron chi connectivity index (χ3n) is 3.13. The fourth-order valence-corrected chi connectivity index (χ4v) is 2.55. The monoisotopic (exact) mass is 332 g/mol. The van der Waals surface area contributed by atoms with Crippen LogP contribution < -0.4 is 0 Å². The van der Waals surface area contributed by atoms with Gasteiger partial charge in [-0.2, -0.15) is 0 Å². The average Bonchev–Trinajstić information content (AvgIpc) is 2.87. The summed E-state index contributed by atoms with van der Waals surface area (Å²) in [7, 11) is 0. The predicted octanol–water partition coefficient (Wildman–Crippen LogP) is 4.76. The molecule has 2 nitrogen and oxygen atoms in total. The molecule has 2 aromatic carbocycles. The second-order valence-corrected chi connectivity index (χ2v) is 5.35. The predicted molar refractivity (Wildman–Crippen MR) is 78.3 cm³/mol. The molecule has 0 amide bonds. The maximum absolute atomic E-state index is 13.2. The van der Waals surface area contributed by atoms with Crippen LogP contribution in [0.1, 0.15) is 15.9 Å². The van der Waals surface area contributed by atoms with Crippen molar-refractivity contribution in [1.82, 2.24) is 0 Å².